The number of hydrogen-bond donors (Lipinski definition) is 0. The molecule has 0 aromatic heterocycles. The first-order valence-electron chi connectivity index (χ1n) is 9.61. The van der Waals surface area contributed by atoms with Gasteiger partial charge in [-0.2, -0.15) is 0 Å². The zero-order chi connectivity index (χ0) is 20.2. The SMILES string of the molecule is O=C(OCCN1C(=O)c2ccccc2C1=O)c1ccccc1SC[C@H]1CCCO1. The summed E-state index contributed by atoms with van der Waals surface area (Å²) in [5.41, 5.74) is 1.26. The smallest absolute Gasteiger partial charge is 0.339 e. The second-order valence-corrected chi connectivity index (χ2v) is 7.95. The van der Waals surface area contributed by atoms with Crippen LogP contribution in [0, 0.1) is 0 Å². The van der Waals surface area contributed by atoms with E-state index in [9.17, 15) is 14.4 Å². The average Bonchev–Trinajstić information content (AvgIpc) is 3.35. The molecule has 1 saturated heterocycles. The summed E-state index contributed by atoms with van der Waals surface area (Å²) in [6.07, 6.45) is 2.34. The Kier molecular flexibility index (Phi) is 5.97. The molecule has 4 rings (SSSR count). The van der Waals surface area contributed by atoms with E-state index in [0.29, 0.717) is 16.7 Å². The van der Waals surface area contributed by atoms with Crippen molar-refractivity contribution in [1.82, 2.24) is 4.90 Å². The van der Waals surface area contributed by atoms with Crippen LogP contribution in [0.2, 0.25) is 0 Å². The Morgan fingerprint density at radius 2 is 1.76 bits per heavy atom. The molecule has 7 heteroatoms. The molecular formula is C22H21NO5S. The first kappa shape index (κ1) is 19.7. The number of carbonyl (C=O) groups is 3. The summed E-state index contributed by atoms with van der Waals surface area (Å²) in [6.45, 7) is 0.783. The molecule has 1 fully saturated rings. The quantitative estimate of drug-likeness (QED) is 0.395. The lowest BCUT2D eigenvalue weighted by Gasteiger charge is -2.15. The number of amides is 2. The van der Waals surface area contributed by atoms with E-state index in [-0.39, 0.29) is 31.1 Å². The Morgan fingerprint density at radius 3 is 2.45 bits per heavy atom. The Morgan fingerprint density at radius 1 is 1.07 bits per heavy atom. The van der Waals surface area contributed by atoms with Gasteiger partial charge in [0.15, 0.2) is 0 Å². The fourth-order valence-corrected chi connectivity index (χ4v) is 4.58. The number of thioether (sulfide) groups is 1. The number of benzene rings is 2. The van der Waals surface area contributed by atoms with Gasteiger partial charge in [-0.25, -0.2) is 4.79 Å². The molecule has 2 heterocycles. The van der Waals surface area contributed by atoms with Crippen LogP contribution in [0.3, 0.4) is 0 Å². The van der Waals surface area contributed by atoms with E-state index >= 15 is 0 Å². The highest BCUT2D eigenvalue weighted by molar-refractivity contribution is 7.99. The van der Waals surface area contributed by atoms with Gasteiger partial charge in [-0.3, -0.25) is 14.5 Å². The molecule has 2 amide bonds. The molecule has 2 aromatic carbocycles. The minimum atomic E-state index is -0.461. The lowest BCUT2D eigenvalue weighted by Crippen LogP contribution is -2.33. The molecule has 0 unspecified atom stereocenters. The molecule has 2 aliphatic rings. The minimum Gasteiger partial charge on any atom is -0.460 e. The maximum absolute atomic E-state index is 12.6. The van der Waals surface area contributed by atoms with Crippen LogP contribution in [-0.2, 0) is 9.47 Å². The number of hydrogen-bond acceptors (Lipinski definition) is 6. The van der Waals surface area contributed by atoms with Crippen molar-refractivity contribution in [3.63, 3.8) is 0 Å². The maximum atomic E-state index is 12.6. The van der Waals surface area contributed by atoms with E-state index in [2.05, 4.69) is 0 Å². The molecule has 1 atom stereocenters. The summed E-state index contributed by atoms with van der Waals surface area (Å²) < 4.78 is 11.0. The van der Waals surface area contributed by atoms with Crippen LogP contribution in [0.5, 0.6) is 0 Å². The Bertz CT molecular complexity index is 903. The van der Waals surface area contributed by atoms with Crippen molar-refractivity contribution in [2.24, 2.45) is 0 Å². The first-order chi connectivity index (χ1) is 14.1. The minimum absolute atomic E-state index is 0.0311. The van der Waals surface area contributed by atoms with E-state index in [0.717, 1.165) is 35.0 Å². The molecule has 29 heavy (non-hydrogen) atoms. The summed E-state index contributed by atoms with van der Waals surface area (Å²) in [6, 6.07) is 14.0. The summed E-state index contributed by atoms with van der Waals surface area (Å²) in [7, 11) is 0. The van der Waals surface area contributed by atoms with Gasteiger partial charge in [0.2, 0.25) is 0 Å². The number of fused-ring (bicyclic) bond motifs is 1. The fourth-order valence-electron chi connectivity index (χ4n) is 3.47. The highest BCUT2D eigenvalue weighted by Gasteiger charge is 2.34. The molecular weight excluding hydrogens is 390 g/mol. The van der Waals surface area contributed by atoms with E-state index < -0.39 is 5.97 Å². The molecule has 150 valence electrons. The van der Waals surface area contributed by atoms with Crippen LogP contribution in [-0.4, -0.2) is 54.3 Å². The third kappa shape index (κ3) is 4.21. The largest absolute Gasteiger partial charge is 0.460 e. The number of esters is 1. The summed E-state index contributed by atoms with van der Waals surface area (Å²) in [4.78, 5) is 39.3. The predicted octanol–water partition coefficient (Wildman–Crippen LogP) is 3.41. The van der Waals surface area contributed by atoms with Gasteiger partial charge < -0.3 is 9.47 Å². The average molecular weight is 411 g/mol. The van der Waals surface area contributed by atoms with Gasteiger partial charge in [-0.1, -0.05) is 24.3 Å². The van der Waals surface area contributed by atoms with Gasteiger partial charge in [-0.05, 0) is 37.1 Å². The second-order valence-electron chi connectivity index (χ2n) is 6.89. The van der Waals surface area contributed by atoms with Crippen LogP contribution in [0.1, 0.15) is 43.9 Å². The third-order valence-electron chi connectivity index (χ3n) is 4.98. The van der Waals surface area contributed by atoms with E-state index in [1.807, 2.05) is 12.1 Å². The van der Waals surface area contributed by atoms with Crippen LogP contribution >= 0.6 is 11.8 Å². The van der Waals surface area contributed by atoms with Crippen molar-refractivity contribution in [3.8, 4) is 0 Å². The highest BCUT2D eigenvalue weighted by atomic mass is 32.2. The molecule has 6 nitrogen and oxygen atoms in total. The lowest BCUT2D eigenvalue weighted by atomic mass is 10.1. The molecule has 2 aromatic rings. The predicted molar refractivity (Wildman–Crippen MR) is 108 cm³/mol. The molecule has 0 N–H and O–H groups in total. The van der Waals surface area contributed by atoms with Gasteiger partial charge in [0, 0.05) is 17.3 Å². The van der Waals surface area contributed by atoms with Crippen LogP contribution in [0.25, 0.3) is 0 Å². The highest BCUT2D eigenvalue weighted by Crippen LogP contribution is 2.27. The normalized spacial score (nSPS) is 18.2. The second kappa shape index (κ2) is 8.80. The zero-order valence-corrected chi connectivity index (χ0v) is 16.7. The molecule has 0 radical (unpaired) electrons. The van der Waals surface area contributed by atoms with Gasteiger partial charge in [0.05, 0.1) is 29.3 Å². The number of nitrogens with zero attached hydrogens (tertiary/aromatic N) is 1. The summed E-state index contributed by atoms with van der Waals surface area (Å²) in [5.74, 6) is -0.375. The molecule has 0 saturated carbocycles. The number of rotatable bonds is 7. The Hall–Kier alpha value is -2.64. The zero-order valence-electron chi connectivity index (χ0n) is 15.8. The van der Waals surface area contributed by atoms with Crippen LogP contribution < -0.4 is 0 Å². The van der Waals surface area contributed by atoms with Crippen LogP contribution in [0.4, 0.5) is 0 Å². The standard InChI is InChI=1S/C22H21NO5S/c24-20-16-7-1-2-8-17(16)21(25)23(20)11-13-28-22(26)18-9-3-4-10-19(18)29-14-15-6-5-12-27-15/h1-4,7-10,15H,5-6,11-14H2/t15-/m1/s1. The van der Waals surface area contributed by atoms with Crippen LogP contribution in [0.15, 0.2) is 53.4 Å². The Balaban J connectivity index is 1.33. The molecule has 0 aliphatic carbocycles. The van der Waals surface area contributed by atoms with Gasteiger partial charge in [0.25, 0.3) is 11.8 Å². The van der Waals surface area contributed by atoms with Crippen molar-refractivity contribution in [2.75, 3.05) is 25.5 Å². The van der Waals surface area contributed by atoms with Gasteiger partial charge >= 0.3 is 5.97 Å². The van der Waals surface area contributed by atoms with Gasteiger partial charge in [0.1, 0.15) is 6.61 Å². The van der Waals surface area contributed by atoms with Crippen molar-refractivity contribution in [2.45, 2.75) is 23.8 Å². The topological polar surface area (TPSA) is 72.9 Å². The van der Waals surface area contributed by atoms with E-state index in [1.165, 1.54) is 0 Å². The Labute approximate surface area is 173 Å². The van der Waals surface area contributed by atoms with E-state index in [4.69, 9.17) is 9.47 Å². The van der Waals surface area contributed by atoms with Crippen molar-refractivity contribution < 1.29 is 23.9 Å². The fraction of sp³-hybridized carbons (Fsp3) is 0.318. The summed E-state index contributed by atoms with van der Waals surface area (Å²) >= 11 is 1.58. The molecule has 0 bridgehead atoms. The monoisotopic (exact) mass is 411 g/mol. The van der Waals surface area contributed by atoms with Crippen molar-refractivity contribution >= 4 is 29.5 Å². The lowest BCUT2D eigenvalue weighted by molar-refractivity contribution is 0.0417. The summed E-state index contributed by atoms with van der Waals surface area (Å²) in [5, 5.41) is 0. The van der Waals surface area contributed by atoms with Gasteiger partial charge in [-0.15, -0.1) is 11.8 Å². The molecule has 0 spiro atoms. The third-order valence-corrected chi connectivity index (χ3v) is 6.19. The van der Waals surface area contributed by atoms with Crippen molar-refractivity contribution in [1.29, 1.82) is 0 Å². The van der Waals surface area contributed by atoms with Crippen molar-refractivity contribution in [3.05, 3.63) is 65.2 Å². The molecule has 2 aliphatic heterocycles. The number of imide groups is 1. The maximum Gasteiger partial charge on any atom is 0.339 e. The number of carbonyl (C=O) groups excluding carboxylic acids is 3. The first-order valence-corrected chi connectivity index (χ1v) is 10.6. The number of ether oxygens (including phenoxy) is 2. The van der Waals surface area contributed by atoms with E-state index in [1.54, 1.807) is 48.2 Å².